The van der Waals surface area contributed by atoms with Crippen LogP contribution in [0.1, 0.15) is 11.6 Å². The second-order valence-electron chi connectivity index (χ2n) is 5.50. The molecule has 0 bridgehead atoms. The van der Waals surface area contributed by atoms with Crippen LogP contribution < -0.4 is 5.32 Å². The maximum absolute atomic E-state index is 12.9. The lowest BCUT2D eigenvalue weighted by atomic mass is 10.1. The minimum absolute atomic E-state index is 0.201. The van der Waals surface area contributed by atoms with Crippen LogP contribution >= 0.6 is 22.7 Å². The second-order valence-corrected chi connectivity index (χ2v) is 7.31. The highest BCUT2D eigenvalue weighted by Gasteiger charge is 2.23. The van der Waals surface area contributed by atoms with Crippen LogP contribution in [0.4, 0.5) is 5.13 Å². The van der Waals surface area contributed by atoms with Crippen molar-refractivity contribution >= 4 is 33.7 Å². The predicted molar refractivity (Wildman–Crippen MR) is 101 cm³/mol. The van der Waals surface area contributed by atoms with Crippen molar-refractivity contribution < 1.29 is 4.79 Å². The number of hydrogen-bond donors (Lipinski definition) is 1. The van der Waals surface area contributed by atoms with Crippen LogP contribution in [-0.2, 0) is 11.2 Å². The van der Waals surface area contributed by atoms with E-state index in [1.807, 2.05) is 53.2 Å². The molecule has 4 rings (SSSR count). The molecule has 7 nitrogen and oxygen atoms in total. The van der Waals surface area contributed by atoms with Gasteiger partial charge >= 0.3 is 0 Å². The number of carbonyl (C=O) groups is 1. The third-order valence-electron chi connectivity index (χ3n) is 3.77. The molecule has 3 heterocycles. The summed E-state index contributed by atoms with van der Waals surface area (Å²) in [5.74, 6) is -0.201. The van der Waals surface area contributed by atoms with Gasteiger partial charge in [-0.05, 0) is 27.4 Å². The first kappa shape index (κ1) is 16.6. The van der Waals surface area contributed by atoms with Crippen molar-refractivity contribution in [3.05, 3.63) is 65.1 Å². The van der Waals surface area contributed by atoms with Crippen LogP contribution in [0, 0.1) is 0 Å². The smallest absolute Gasteiger partial charge is 0.251 e. The first-order valence-corrected chi connectivity index (χ1v) is 9.62. The maximum atomic E-state index is 12.9. The zero-order valence-electron chi connectivity index (χ0n) is 13.5. The van der Waals surface area contributed by atoms with Crippen molar-refractivity contribution in [3.63, 3.8) is 0 Å². The van der Waals surface area contributed by atoms with Gasteiger partial charge in [0.1, 0.15) is 12.4 Å². The molecular formula is C17H14N6OS2. The minimum Gasteiger partial charge on any atom is -0.300 e. The number of anilines is 1. The molecule has 0 saturated heterocycles. The van der Waals surface area contributed by atoms with Crippen LogP contribution in [0.3, 0.4) is 0 Å². The van der Waals surface area contributed by atoms with Gasteiger partial charge in [-0.2, -0.15) is 0 Å². The number of tetrazole rings is 1. The summed E-state index contributed by atoms with van der Waals surface area (Å²) in [4.78, 5) is 18.4. The fourth-order valence-electron chi connectivity index (χ4n) is 2.51. The number of nitrogens with zero attached hydrogens (tertiary/aromatic N) is 5. The van der Waals surface area contributed by atoms with Gasteiger partial charge in [0.05, 0.1) is 10.6 Å². The standard InChI is InChI=1S/C17H14N6OS2/c24-16(20-17-19-13(10-26-17)15-7-4-8-25-15)14(23-11-18-21-22-23)9-12-5-2-1-3-6-12/h1-8,10-11,14H,9H2,(H,19,20,24)/t14-/m1/s1. The molecule has 0 aliphatic carbocycles. The molecule has 0 radical (unpaired) electrons. The number of thiazole rings is 1. The molecule has 1 N–H and O–H groups in total. The largest absolute Gasteiger partial charge is 0.300 e. The number of benzene rings is 1. The second kappa shape index (κ2) is 7.54. The van der Waals surface area contributed by atoms with E-state index in [4.69, 9.17) is 0 Å². The van der Waals surface area contributed by atoms with Gasteiger partial charge in [-0.15, -0.1) is 27.8 Å². The van der Waals surface area contributed by atoms with Crippen LogP contribution in [0.15, 0.2) is 59.6 Å². The lowest BCUT2D eigenvalue weighted by Crippen LogP contribution is -2.28. The third kappa shape index (κ3) is 3.68. The quantitative estimate of drug-likeness (QED) is 0.553. The van der Waals surface area contributed by atoms with E-state index < -0.39 is 6.04 Å². The number of rotatable bonds is 6. The van der Waals surface area contributed by atoms with Gasteiger partial charge in [0.25, 0.3) is 5.91 Å². The van der Waals surface area contributed by atoms with Gasteiger partial charge in [0.15, 0.2) is 5.13 Å². The van der Waals surface area contributed by atoms with Crippen molar-refractivity contribution in [2.24, 2.45) is 0 Å². The summed E-state index contributed by atoms with van der Waals surface area (Å²) in [6.07, 6.45) is 1.94. The lowest BCUT2D eigenvalue weighted by Gasteiger charge is -2.15. The number of carbonyl (C=O) groups excluding carboxylic acids is 1. The normalized spacial score (nSPS) is 12.0. The van der Waals surface area contributed by atoms with E-state index in [9.17, 15) is 4.79 Å². The summed E-state index contributed by atoms with van der Waals surface area (Å²) in [5.41, 5.74) is 1.89. The van der Waals surface area contributed by atoms with E-state index in [0.717, 1.165) is 16.1 Å². The molecule has 26 heavy (non-hydrogen) atoms. The van der Waals surface area contributed by atoms with Gasteiger partial charge in [-0.1, -0.05) is 36.4 Å². The van der Waals surface area contributed by atoms with E-state index in [0.29, 0.717) is 11.6 Å². The average Bonchev–Trinajstić information content (AvgIpc) is 3.41. The Morgan fingerprint density at radius 3 is 2.77 bits per heavy atom. The highest BCUT2D eigenvalue weighted by molar-refractivity contribution is 7.16. The third-order valence-corrected chi connectivity index (χ3v) is 5.42. The Balaban J connectivity index is 1.53. The molecule has 0 aliphatic rings. The van der Waals surface area contributed by atoms with Crippen LogP contribution in [-0.4, -0.2) is 31.1 Å². The van der Waals surface area contributed by atoms with Crippen LogP contribution in [0.5, 0.6) is 0 Å². The van der Waals surface area contributed by atoms with Crippen molar-refractivity contribution in [3.8, 4) is 10.6 Å². The zero-order chi connectivity index (χ0) is 17.8. The minimum atomic E-state index is -0.554. The van der Waals surface area contributed by atoms with Gasteiger partial charge in [-0.25, -0.2) is 9.67 Å². The molecule has 3 aromatic heterocycles. The van der Waals surface area contributed by atoms with Crippen LogP contribution in [0.25, 0.3) is 10.6 Å². The summed E-state index contributed by atoms with van der Waals surface area (Å²) >= 11 is 3.01. The fraction of sp³-hybridized carbons (Fsp3) is 0.118. The first-order chi connectivity index (χ1) is 12.8. The molecule has 0 saturated carbocycles. The first-order valence-electron chi connectivity index (χ1n) is 7.86. The van der Waals surface area contributed by atoms with E-state index >= 15 is 0 Å². The molecule has 1 aromatic carbocycles. The summed E-state index contributed by atoms with van der Waals surface area (Å²) in [5, 5.41) is 18.6. The SMILES string of the molecule is O=C(Nc1nc(-c2cccs2)cs1)[C@@H](Cc1ccccc1)n1cnnn1. The molecule has 9 heteroatoms. The van der Waals surface area contributed by atoms with E-state index in [1.54, 1.807) is 11.3 Å². The average molecular weight is 382 g/mol. The number of hydrogen-bond acceptors (Lipinski definition) is 7. The summed E-state index contributed by atoms with van der Waals surface area (Å²) < 4.78 is 1.47. The Labute approximate surface area is 157 Å². The molecular weight excluding hydrogens is 368 g/mol. The number of nitrogens with one attached hydrogen (secondary N) is 1. The highest BCUT2D eigenvalue weighted by Crippen LogP contribution is 2.28. The molecule has 0 fully saturated rings. The molecule has 0 unspecified atom stereocenters. The zero-order valence-corrected chi connectivity index (χ0v) is 15.2. The van der Waals surface area contributed by atoms with Gasteiger partial charge < -0.3 is 5.32 Å². The van der Waals surface area contributed by atoms with E-state index in [-0.39, 0.29) is 5.91 Å². The molecule has 0 aliphatic heterocycles. The monoisotopic (exact) mass is 382 g/mol. The Morgan fingerprint density at radius 2 is 2.04 bits per heavy atom. The van der Waals surface area contributed by atoms with E-state index in [1.165, 1.54) is 22.3 Å². The Morgan fingerprint density at radius 1 is 1.15 bits per heavy atom. The van der Waals surface area contributed by atoms with Gasteiger partial charge in [0.2, 0.25) is 0 Å². The van der Waals surface area contributed by atoms with Crippen molar-refractivity contribution in [2.45, 2.75) is 12.5 Å². The lowest BCUT2D eigenvalue weighted by molar-refractivity contribution is -0.119. The Bertz CT molecular complexity index is 966. The highest BCUT2D eigenvalue weighted by atomic mass is 32.1. The molecule has 1 amide bonds. The molecule has 130 valence electrons. The molecule has 0 spiro atoms. The van der Waals surface area contributed by atoms with Crippen molar-refractivity contribution in [1.29, 1.82) is 0 Å². The number of aromatic nitrogens is 5. The molecule has 4 aromatic rings. The van der Waals surface area contributed by atoms with Crippen molar-refractivity contribution in [1.82, 2.24) is 25.2 Å². The fourth-order valence-corrected chi connectivity index (χ4v) is 3.99. The number of amides is 1. The summed E-state index contributed by atoms with van der Waals surface area (Å²) in [6.45, 7) is 0. The van der Waals surface area contributed by atoms with Crippen molar-refractivity contribution in [2.75, 3.05) is 5.32 Å². The predicted octanol–water partition coefficient (Wildman–Crippen LogP) is 3.28. The van der Waals surface area contributed by atoms with Gasteiger partial charge in [0, 0.05) is 11.8 Å². The summed E-state index contributed by atoms with van der Waals surface area (Å²) in [7, 11) is 0. The summed E-state index contributed by atoms with van der Waals surface area (Å²) in [6, 6.07) is 13.2. The van der Waals surface area contributed by atoms with Gasteiger partial charge in [-0.3, -0.25) is 4.79 Å². The molecule has 1 atom stereocenters. The maximum Gasteiger partial charge on any atom is 0.251 e. The topological polar surface area (TPSA) is 85.6 Å². The Hall–Kier alpha value is -2.91. The van der Waals surface area contributed by atoms with Crippen LogP contribution in [0.2, 0.25) is 0 Å². The Kier molecular flexibility index (Phi) is 4.80. The van der Waals surface area contributed by atoms with E-state index in [2.05, 4.69) is 25.8 Å². The number of thiophene rings is 1.